The standard InChI is InChI=1S/C15H19BrO4/c1-19-14-11-12(5-7-13(14)17)6-8-15(18)20-10-4-2-3-9-16/h5-8,11,17H,2-4,9-10H2,1H3/b8-6+. The molecule has 0 saturated carbocycles. The van der Waals surface area contributed by atoms with Crippen molar-refractivity contribution in [2.75, 3.05) is 19.0 Å². The molecule has 4 nitrogen and oxygen atoms in total. The molecule has 1 aromatic rings. The molecule has 1 N–H and O–H groups in total. The Morgan fingerprint density at radius 2 is 2.15 bits per heavy atom. The minimum Gasteiger partial charge on any atom is -0.504 e. The minimum atomic E-state index is -0.365. The number of carbonyl (C=O) groups excluding carboxylic acids is 1. The second-order valence-corrected chi connectivity index (χ2v) is 4.97. The molecule has 0 heterocycles. The molecular formula is C15H19BrO4. The molecule has 0 saturated heterocycles. The largest absolute Gasteiger partial charge is 0.504 e. The van der Waals surface area contributed by atoms with Crippen LogP contribution in [0.1, 0.15) is 24.8 Å². The van der Waals surface area contributed by atoms with Gasteiger partial charge in [-0.3, -0.25) is 0 Å². The lowest BCUT2D eigenvalue weighted by Gasteiger charge is -2.04. The number of aromatic hydroxyl groups is 1. The van der Waals surface area contributed by atoms with Crippen LogP contribution in [0.2, 0.25) is 0 Å². The van der Waals surface area contributed by atoms with E-state index in [1.807, 2.05) is 0 Å². The van der Waals surface area contributed by atoms with Gasteiger partial charge in [0.2, 0.25) is 0 Å². The van der Waals surface area contributed by atoms with E-state index in [-0.39, 0.29) is 11.7 Å². The van der Waals surface area contributed by atoms with Gasteiger partial charge in [-0.2, -0.15) is 0 Å². The molecule has 5 heteroatoms. The molecule has 0 aliphatic heterocycles. The highest BCUT2D eigenvalue weighted by molar-refractivity contribution is 9.09. The fourth-order valence-electron chi connectivity index (χ4n) is 1.56. The lowest BCUT2D eigenvalue weighted by atomic mass is 10.2. The van der Waals surface area contributed by atoms with Crippen LogP contribution in [-0.4, -0.2) is 30.1 Å². The quantitative estimate of drug-likeness (QED) is 0.340. The van der Waals surface area contributed by atoms with Crippen LogP contribution in [0, 0.1) is 0 Å². The second-order valence-electron chi connectivity index (χ2n) is 4.18. The van der Waals surface area contributed by atoms with Crippen molar-refractivity contribution >= 4 is 28.0 Å². The van der Waals surface area contributed by atoms with E-state index < -0.39 is 0 Å². The smallest absolute Gasteiger partial charge is 0.330 e. The van der Waals surface area contributed by atoms with Crippen LogP contribution >= 0.6 is 15.9 Å². The van der Waals surface area contributed by atoms with Crippen LogP contribution in [0.5, 0.6) is 11.5 Å². The van der Waals surface area contributed by atoms with Crippen LogP contribution in [0.4, 0.5) is 0 Å². The summed E-state index contributed by atoms with van der Waals surface area (Å²) in [4.78, 5) is 11.5. The van der Waals surface area contributed by atoms with Crippen molar-refractivity contribution in [3.63, 3.8) is 0 Å². The molecule has 0 radical (unpaired) electrons. The number of phenols is 1. The highest BCUT2D eigenvalue weighted by atomic mass is 79.9. The van der Waals surface area contributed by atoms with Gasteiger partial charge in [-0.05, 0) is 43.0 Å². The normalized spacial score (nSPS) is 10.7. The van der Waals surface area contributed by atoms with E-state index in [1.54, 1.807) is 18.2 Å². The van der Waals surface area contributed by atoms with Crippen molar-refractivity contribution in [2.24, 2.45) is 0 Å². The van der Waals surface area contributed by atoms with Crippen LogP contribution in [0.25, 0.3) is 6.08 Å². The van der Waals surface area contributed by atoms with Gasteiger partial charge < -0.3 is 14.6 Å². The van der Waals surface area contributed by atoms with Crippen molar-refractivity contribution in [3.05, 3.63) is 29.8 Å². The van der Waals surface area contributed by atoms with Crippen LogP contribution in [0.15, 0.2) is 24.3 Å². The number of phenolic OH excluding ortho intramolecular Hbond substituents is 1. The highest BCUT2D eigenvalue weighted by Crippen LogP contribution is 2.26. The van der Waals surface area contributed by atoms with Crippen molar-refractivity contribution in [1.29, 1.82) is 0 Å². The molecule has 0 aliphatic rings. The van der Waals surface area contributed by atoms with E-state index in [0.717, 1.165) is 30.2 Å². The zero-order valence-corrected chi connectivity index (χ0v) is 13.1. The van der Waals surface area contributed by atoms with Gasteiger partial charge in [0.05, 0.1) is 13.7 Å². The third-order valence-electron chi connectivity index (χ3n) is 2.64. The molecule has 0 aliphatic carbocycles. The number of hydrogen-bond donors (Lipinski definition) is 1. The summed E-state index contributed by atoms with van der Waals surface area (Å²) in [6, 6.07) is 4.86. The molecule has 0 fully saturated rings. The van der Waals surface area contributed by atoms with Crippen LogP contribution < -0.4 is 4.74 Å². The summed E-state index contributed by atoms with van der Waals surface area (Å²) in [6.07, 6.45) is 6.00. The third kappa shape index (κ3) is 6.10. The zero-order valence-electron chi connectivity index (χ0n) is 11.5. The number of alkyl halides is 1. The number of benzene rings is 1. The SMILES string of the molecule is COc1cc(/C=C/C(=O)OCCCCCBr)ccc1O. The molecule has 1 rings (SSSR count). The summed E-state index contributed by atoms with van der Waals surface area (Å²) in [6.45, 7) is 0.440. The maximum Gasteiger partial charge on any atom is 0.330 e. The Morgan fingerprint density at radius 1 is 1.35 bits per heavy atom. The Balaban J connectivity index is 2.41. The summed E-state index contributed by atoms with van der Waals surface area (Å²) < 4.78 is 10.1. The summed E-state index contributed by atoms with van der Waals surface area (Å²) in [5.41, 5.74) is 0.760. The van der Waals surface area contributed by atoms with Gasteiger partial charge in [-0.25, -0.2) is 4.79 Å². The Hall–Kier alpha value is -1.49. The number of halogens is 1. The van der Waals surface area contributed by atoms with Crippen molar-refractivity contribution in [3.8, 4) is 11.5 Å². The molecule has 0 amide bonds. The predicted octanol–water partition coefficient (Wildman–Crippen LogP) is 3.52. The van der Waals surface area contributed by atoms with E-state index >= 15 is 0 Å². The average molecular weight is 343 g/mol. The van der Waals surface area contributed by atoms with Gasteiger partial charge in [0, 0.05) is 11.4 Å². The van der Waals surface area contributed by atoms with Crippen molar-refractivity contribution < 1.29 is 19.4 Å². The van der Waals surface area contributed by atoms with E-state index in [9.17, 15) is 9.90 Å². The zero-order chi connectivity index (χ0) is 14.8. The van der Waals surface area contributed by atoms with Crippen molar-refractivity contribution in [1.82, 2.24) is 0 Å². The topological polar surface area (TPSA) is 55.8 Å². The fourth-order valence-corrected chi connectivity index (χ4v) is 1.95. The Kier molecular flexibility index (Phi) is 7.80. The lowest BCUT2D eigenvalue weighted by Crippen LogP contribution is -2.02. The molecule has 0 atom stereocenters. The summed E-state index contributed by atoms with van der Waals surface area (Å²) in [5, 5.41) is 10.4. The Bertz CT molecular complexity index is 457. The number of ether oxygens (including phenoxy) is 2. The van der Waals surface area contributed by atoms with Gasteiger partial charge >= 0.3 is 5.97 Å². The van der Waals surface area contributed by atoms with Gasteiger partial charge in [0.15, 0.2) is 11.5 Å². The first-order valence-corrected chi connectivity index (χ1v) is 7.57. The minimum absolute atomic E-state index is 0.0685. The maximum atomic E-state index is 11.5. The number of hydrogen-bond acceptors (Lipinski definition) is 4. The van der Waals surface area contributed by atoms with Gasteiger partial charge in [0.25, 0.3) is 0 Å². The van der Waals surface area contributed by atoms with E-state index in [2.05, 4.69) is 15.9 Å². The molecule has 110 valence electrons. The van der Waals surface area contributed by atoms with E-state index in [4.69, 9.17) is 9.47 Å². The second kappa shape index (κ2) is 9.42. The summed E-state index contributed by atoms with van der Waals surface area (Å²) in [7, 11) is 1.48. The van der Waals surface area contributed by atoms with Crippen molar-refractivity contribution in [2.45, 2.75) is 19.3 Å². The number of carbonyl (C=O) groups is 1. The first kappa shape index (κ1) is 16.6. The van der Waals surface area contributed by atoms with Gasteiger partial charge in [-0.1, -0.05) is 22.0 Å². The average Bonchev–Trinajstić information content (AvgIpc) is 2.46. The molecular weight excluding hydrogens is 324 g/mol. The number of rotatable bonds is 8. The lowest BCUT2D eigenvalue weighted by molar-refractivity contribution is -0.137. The first-order valence-electron chi connectivity index (χ1n) is 6.45. The van der Waals surface area contributed by atoms with Gasteiger partial charge in [-0.15, -0.1) is 0 Å². The number of esters is 1. The Labute approximate surface area is 127 Å². The molecule has 1 aromatic carbocycles. The first-order chi connectivity index (χ1) is 9.67. The monoisotopic (exact) mass is 342 g/mol. The fraction of sp³-hybridized carbons (Fsp3) is 0.400. The summed E-state index contributed by atoms with van der Waals surface area (Å²) >= 11 is 3.35. The van der Waals surface area contributed by atoms with E-state index in [1.165, 1.54) is 19.3 Å². The predicted molar refractivity (Wildman–Crippen MR) is 82.3 cm³/mol. The van der Waals surface area contributed by atoms with Gasteiger partial charge in [0.1, 0.15) is 0 Å². The molecule has 0 spiro atoms. The maximum absolute atomic E-state index is 11.5. The summed E-state index contributed by atoms with van der Waals surface area (Å²) in [5.74, 6) is 0.0743. The molecule has 0 bridgehead atoms. The van der Waals surface area contributed by atoms with E-state index in [0.29, 0.717) is 12.4 Å². The number of methoxy groups -OCH3 is 1. The number of unbranched alkanes of at least 4 members (excludes halogenated alkanes) is 2. The molecule has 0 unspecified atom stereocenters. The molecule has 20 heavy (non-hydrogen) atoms. The Morgan fingerprint density at radius 3 is 2.85 bits per heavy atom. The van der Waals surface area contributed by atoms with Crippen LogP contribution in [0.3, 0.4) is 0 Å². The third-order valence-corrected chi connectivity index (χ3v) is 3.20. The molecule has 0 aromatic heterocycles. The van der Waals surface area contributed by atoms with Crippen LogP contribution in [-0.2, 0) is 9.53 Å². The highest BCUT2D eigenvalue weighted by Gasteiger charge is 2.01.